The van der Waals surface area contributed by atoms with E-state index in [0.717, 1.165) is 26.4 Å². The van der Waals surface area contributed by atoms with Gasteiger partial charge in [0.2, 0.25) is 0 Å². The van der Waals surface area contributed by atoms with Crippen molar-refractivity contribution in [2.45, 2.75) is 6.61 Å². The lowest BCUT2D eigenvalue weighted by molar-refractivity contribution is 0.0535. The number of rotatable bonds is 3. The molecular weight excluding hydrogens is 334 g/mol. The summed E-state index contributed by atoms with van der Waals surface area (Å²) < 4.78 is 5.06. The smallest absolute Gasteiger partial charge is 0.338 e. The van der Waals surface area contributed by atoms with Crippen LogP contribution in [-0.2, 0) is 11.3 Å². The second-order valence-electron chi connectivity index (χ2n) is 5.77. The van der Waals surface area contributed by atoms with Crippen molar-refractivity contribution in [3.05, 3.63) is 71.3 Å². The lowest BCUT2D eigenvalue weighted by Crippen LogP contribution is -2.17. The first-order chi connectivity index (χ1) is 12.2. The molecule has 0 bridgehead atoms. The van der Waals surface area contributed by atoms with Gasteiger partial charge in [-0.3, -0.25) is 4.79 Å². The molecule has 5 heteroatoms. The molecule has 25 heavy (non-hydrogen) atoms. The van der Waals surface area contributed by atoms with Gasteiger partial charge < -0.3 is 10.1 Å². The largest absolute Gasteiger partial charge is 0.457 e. The normalized spacial score (nSPS) is 12.6. The Balaban J connectivity index is 1.62. The Morgan fingerprint density at radius 3 is 2.40 bits per heavy atom. The summed E-state index contributed by atoms with van der Waals surface area (Å²) in [7, 11) is 1.62. The van der Waals surface area contributed by atoms with Crippen molar-refractivity contribution in [3.8, 4) is 20.9 Å². The van der Waals surface area contributed by atoms with E-state index in [1.807, 2.05) is 42.5 Å². The summed E-state index contributed by atoms with van der Waals surface area (Å²) in [4.78, 5) is 25.4. The van der Waals surface area contributed by atoms with Crippen LogP contribution in [0.1, 0.15) is 26.3 Å². The Bertz CT molecular complexity index is 973. The van der Waals surface area contributed by atoms with Crippen LogP contribution in [0.25, 0.3) is 20.9 Å². The molecule has 1 amide bonds. The monoisotopic (exact) mass is 349 g/mol. The van der Waals surface area contributed by atoms with Crippen molar-refractivity contribution in [3.63, 3.8) is 0 Å². The number of fused-ring (bicyclic) bond motifs is 1. The first kappa shape index (κ1) is 15.6. The van der Waals surface area contributed by atoms with E-state index in [9.17, 15) is 9.59 Å². The predicted octanol–water partition coefficient (Wildman–Crippen LogP) is 4.11. The lowest BCUT2D eigenvalue weighted by atomic mass is 10.1. The van der Waals surface area contributed by atoms with Crippen molar-refractivity contribution >= 4 is 23.2 Å². The summed E-state index contributed by atoms with van der Waals surface area (Å²) >= 11 is 1.68. The topological polar surface area (TPSA) is 55.4 Å². The number of benzene rings is 2. The molecule has 0 radical (unpaired) electrons. The van der Waals surface area contributed by atoms with Crippen LogP contribution in [0.5, 0.6) is 0 Å². The van der Waals surface area contributed by atoms with E-state index in [-0.39, 0.29) is 11.9 Å². The van der Waals surface area contributed by atoms with Crippen LogP contribution in [0, 0.1) is 0 Å². The molecule has 0 unspecified atom stereocenters. The van der Waals surface area contributed by atoms with Gasteiger partial charge >= 0.3 is 5.97 Å². The molecule has 0 saturated carbocycles. The molecule has 0 saturated heterocycles. The molecule has 0 aliphatic carbocycles. The Morgan fingerprint density at radius 1 is 1.00 bits per heavy atom. The van der Waals surface area contributed by atoms with Crippen molar-refractivity contribution < 1.29 is 14.3 Å². The van der Waals surface area contributed by atoms with E-state index < -0.39 is 0 Å². The molecule has 0 spiro atoms. The van der Waals surface area contributed by atoms with Crippen molar-refractivity contribution in [1.29, 1.82) is 0 Å². The fraction of sp³-hybridized carbons (Fsp3) is 0.100. The Morgan fingerprint density at radius 2 is 1.68 bits per heavy atom. The number of esters is 1. The molecule has 1 aliphatic rings. The first-order valence-corrected chi connectivity index (χ1v) is 8.70. The third-order valence-corrected chi connectivity index (χ3v) is 5.42. The Kier molecular flexibility index (Phi) is 3.86. The predicted molar refractivity (Wildman–Crippen MR) is 97.7 cm³/mol. The molecule has 3 aromatic rings. The molecule has 1 N–H and O–H groups in total. The number of hydrogen-bond donors (Lipinski definition) is 1. The van der Waals surface area contributed by atoms with Crippen molar-refractivity contribution in [2.75, 3.05) is 7.05 Å². The van der Waals surface area contributed by atoms with Gasteiger partial charge in [0.1, 0.15) is 6.61 Å². The van der Waals surface area contributed by atoms with Crippen LogP contribution in [0.2, 0.25) is 0 Å². The maximum Gasteiger partial charge on any atom is 0.338 e. The summed E-state index contributed by atoms with van der Waals surface area (Å²) in [5, 5.41) is 2.62. The number of amides is 1. The quantitative estimate of drug-likeness (QED) is 0.724. The molecule has 2 heterocycles. The molecule has 124 valence electrons. The summed E-state index contributed by atoms with van der Waals surface area (Å²) in [5.41, 5.74) is 4.39. The van der Waals surface area contributed by atoms with Gasteiger partial charge in [-0.15, -0.1) is 11.3 Å². The highest BCUT2D eigenvalue weighted by Gasteiger charge is 2.21. The lowest BCUT2D eigenvalue weighted by Gasteiger charge is -2.02. The standard InChI is InChI=1S/C20H15NO3S/c1-21-19(22)13-4-2-12(3-5-13)17-8-9-18(25-17)14-6-7-16-15(10-14)11-24-20(16)23/h2-10H,11H2,1H3,(H,21,22). The maximum atomic E-state index is 11.6. The van der Waals surface area contributed by atoms with Gasteiger partial charge in [-0.2, -0.15) is 0 Å². The third kappa shape index (κ3) is 2.83. The van der Waals surface area contributed by atoms with E-state index >= 15 is 0 Å². The molecule has 2 aromatic carbocycles. The Labute approximate surface area is 149 Å². The number of nitrogens with one attached hydrogen (secondary N) is 1. The maximum absolute atomic E-state index is 11.6. The summed E-state index contributed by atoms with van der Waals surface area (Å²) in [6.07, 6.45) is 0. The zero-order valence-electron chi connectivity index (χ0n) is 13.5. The number of hydrogen-bond acceptors (Lipinski definition) is 4. The van der Waals surface area contributed by atoms with Gasteiger partial charge in [0.05, 0.1) is 5.56 Å². The van der Waals surface area contributed by atoms with Gasteiger partial charge in [-0.05, 0) is 47.5 Å². The van der Waals surface area contributed by atoms with Gasteiger partial charge in [0.15, 0.2) is 0 Å². The van der Waals surface area contributed by atoms with Gasteiger partial charge in [0, 0.05) is 27.9 Å². The van der Waals surface area contributed by atoms with Crippen LogP contribution in [-0.4, -0.2) is 18.9 Å². The molecule has 1 aromatic heterocycles. The summed E-state index contributed by atoms with van der Waals surface area (Å²) in [6, 6.07) is 17.5. The van der Waals surface area contributed by atoms with E-state index in [2.05, 4.69) is 17.4 Å². The Hall–Kier alpha value is -2.92. The van der Waals surface area contributed by atoms with Crippen LogP contribution in [0.3, 0.4) is 0 Å². The van der Waals surface area contributed by atoms with Gasteiger partial charge in [-0.25, -0.2) is 4.79 Å². The number of cyclic esters (lactones) is 1. The third-order valence-electron chi connectivity index (χ3n) is 4.23. The molecule has 0 atom stereocenters. The minimum atomic E-state index is -0.246. The first-order valence-electron chi connectivity index (χ1n) is 7.88. The zero-order valence-corrected chi connectivity index (χ0v) is 14.4. The molecule has 4 rings (SSSR count). The minimum Gasteiger partial charge on any atom is -0.457 e. The average Bonchev–Trinajstić information content (AvgIpc) is 3.28. The molecule has 0 fully saturated rings. The molecular formula is C20H15NO3S. The van der Waals surface area contributed by atoms with E-state index in [1.165, 1.54) is 0 Å². The average molecular weight is 349 g/mol. The van der Waals surface area contributed by atoms with E-state index in [0.29, 0.717) is 17.7 Å². The highest BCUT2D eigenvalue weighted by Crippen LogP contribution is 2.36. The van der Waals surface area contributed by atoms with Crippen LogP contribution < -0.4 is 5.32 Å². The molecule has 4 nitrogen and oxygen atoms in total. The summed E-state index contributed by atoms with van der Waals surface area (Å²) in [6.45, 7) is 0.348. The number of carbonyl (C=O) groups excluding carboxylic acids is 2. The number of carbonyl (C=O) groups is 2. The minimum absolute atomic E-state index is 0.0895. The van der Waals surface area contributed by atoms with Crippen molar-refractivity contribution in [1.82, 2.24) is 5.32 Å². The number of ether oxygens (including phenoxy) is 1. The van der Waals surface area contributed by atoms with E-state index in [1.54, 1.807) is 18.4 Å². The summed E-state index contributed by atoms with van der Waals surface area (Å²) in [5.74, 6) is -0.335. The SMILES string of the molecule is CNC(=O)c1ccc(-c2ccc(-c3ccc4c(c3)COC4=O)s2)cc1. The second-order valence-corrected chi connectivity index (χ2v) is 6.85. The highest BCUT2D eigenvalue weighted by molar-refractivity contribution is 7.18. The zero-order chi connectivity index (χ0) is 17.4. The highest BCUT2D eigenvalue weighted by atomic mass is 32.1. The fourth-order valence-corrected chi connectivity index (χ4v) is 3.87. The van der Waals surface area contributed by atoms with Crippen LogP contribution in [0.4, 0.5) is 0 Å². The fourth-order valence-electron chi connectivity index (χ4n) is 2.86. The molecule has 1 aliphatic heterocycles. The van der Waals surface area contributed by atoms with Crippen molar-refractivity contribution in [2.24, 2.45) is 0 Å². The van der Waals surface area contributed by atoms with Gasteiger partial charge in [0.25, 0.3) is 5.91 Å². The van der Waals surface area contributed by atoms with E-state index in [4.69, 9.17) is 4.74 Å². The van der Waals surface area contributed by atoms with Crippen LogP contribution in [0.15, 0.2) is 54.6 Å². The van der Waals surface area contributed by atoms with Crippen LogP contribution >= 0.6 is 11.3 Å². The number of thiophene rings is 1. The second kappa shape index (κ2) is 6.18. The van der Waals surface area contributed by atoms with Gasteiger partial charge in [-0.1, -0.05) is 18.2 Å².